The van der Waals surface area contributed by atoms with Gasteiger partial charge in [0.2, 0.25) is 0 Å². The van der Waals surface area contributed by atoms with Crippen LogP contribution in [0, 0.1) is 16.7 Å². The number of halogens is 2. The lowest BCUT2D eigenvalue weighted by molar-refractivity contribution is 0.235. The third-order valence-electron chi connectivity index (χ3n) is 3.43. The van der Waals surface area contributed by atoms with Crippen LogP contribution in [0.4, 0.5) is 0 Å². The molecule has 3 nitrogen and oxygen atoms in total. The van der Waals surface area contributed by atoms with Gasteiger partial charge in [-0.15, -0.1) is 0 Å². The number of benzene rings is 1. The molecule has 0 aromatic heterocycles. The molecule has 5 heteroatoms. The summed E-state index contributed by atoms with van der Waals surface area (Å²) in [6.07, 6.45) is 3.28. The zero-order chi connectivity index (χ0) is 13.9. The summed E-state index contributed by atoms with van der Waals surface area (Å²) >= 11 is 12.2. The van der Waals surface area contributed by atoms with E-state index in [-0.39, 0.29) is 5.41 Å². The van der Waals surface area contributed by atoms with E-state index in [4.69, 9.17) is 38.9 Å². The van der Waals surface area contributed by atoms with E-state index in [0.29, 0.717) is 41.8 Å². The van der Waals surface area contributed by atoms with Crippen molar-refractivity contribution in [2.45, 2.75) is 25.7 Å². The van der Waals surface area contributed by atoms with E-state index in [1.807, 2.05) is 6.07 Å². The van der Waals surface area contributed by atoms with Crippen LogP contribution in [0.25, 0.3) is 0 Å². The molecular weight excluding hydrogens is 283 g/mol. The normalized spacial score (nSPS) is 15.9. The van der Waals surface area contributed by atoms with Crippen LogP contribution in [0.15, 0.2) is 12.1 Å². The van der Waals surface area contributed by atoms with Gasteiger partial charge in [0, 0.05) is 16.9 Å². The first-order valence-corrected chi connectivity index (χ1v) is 7.03. The van der Waals surface area contributed by atoms with Gasteiger partial charge in [0.1, 0.15) is 5.75 Å². The Morgan fingerprint density at radius 1 is 1.37 bits per heavy atom. The Labute approximate surface area is 123 Å². The highest BCUT2D eigenvalue weighted by molar-refractivity contribution is 6.35. The van der Waals surface area contributed by atoms with Gasteiger partial charge in [-0.1, -0.05) is 23.2 Å². The quantitative estimate of drug-likeness (QED) is 0.873. The predicted octanol–water partition coefficient (Wildman–Crippen LogP) is 3.57. The number of nitriles is 1. The molecule has 1 aromatic rings. The van der Waals surface area contributed by atoms with Gasteiger partial charge in [-0.25, -0.2) is 0 Å². The van der Waals surface area contributed by atoms with Crippen LogP contribution < -0.4 is 10.5 Å². The summed E-state index contributed by atoms with van der Waals surface area (Å²) in [5.74, 6) is 0.653. The van der Waals surface area contributed by atoms with Crippen molar-refractivity contribution in [1.29, 1.82) is 5.26 Å². The van der Waals surface area contributed by atoms with Gasteiger partial charge in [-0.05, 0) is 43.5 Å². The topological polar surface area (TPSA) is 59.0 Å². The predicted molar refractivity (Wildman–Crippen MR) is 76.6 cm³/mol. The molecule has 2 N–H and O–H groups in total. The van der Waals surface area contributed by atoms with E-state index >= 15 is 0 Å². The number of nitrogens with two attached hydrogens (primary N) is 1. The fourth-order valence-electron chi connectivity index (χ4n) is 2.06. The first-order chi connectivity index (χ1) is 9.10. The second-order valence-corrected chi connectivity index (χ2v) is 5.88. The van der Waals surface area contributed by atoms with Crippen molar-refractivity contribution in [3.8, 4) is 11.8 Å². The minimum atomic E-state index is 0.0255. The Bertz CT molecular complexity index is 507. The highest BCUT2D eigenvalue weighted by Crippen LogP contribution is 2.49. The summed E-state index contributed by atoms with van der Waals surface area (Å²) in [7, 11) is 0. The molecule has 19 heavy (non-hydrogen) atoms. The zero-order valence-corrected chi connectivity index (χ0v) is 12.1. The van der Waals surface area contributed by atoms with Crippen LogP contribution >= 0.6 is 23.2 Å². The standard InChI is InChI=1S/C14H16Cl2N2O/c15-11-7-10(1-5-17)13(12(16)8-11)19-9-14(2-3-14)4-6-18/h7-8H,1-5,9,17H2. The average molecular weight is 299 g/mol. The monoisotopic (exact) mass is 298 g/mol. The van der Waals surface area contributed by atoms with Gasteiger partial charge in [0.05, 0.1) is 17.7 Å². The van der Waals surface area contributed by atoms with E-state index in [9.17, 15) is 0 Å². The summed E-state index contributed by atoms with van der Waals surface area (Å²) < 4.78 is 5.86. The first-order valence-electron chi connectivity index (χ1n) is 6.28. The largest absolute Gasteiger partial charge is 0.491 e. The number of hydrogen-bond acceptors (Lipinski definition) is 3. The molecule has 0 atom stereocenters. The fraction of sp³-hybridized carbons (Fsp3) is 0.500. The Morgan fingerprint density at radius 3 is 2.68 bits per heavy atom. The number of rotatable bonds is 6. The van der Waals surface area contributed by atoms with Crippen LogP contribution in [0.2, 0.25) is 10.0 Å². The number of ether oxygens (including phenoxy) is 1. The molecule has 1 aromatic carbocycles. The van der Waals surface area contributed by atoms with Crippen molar-refractivity contribution in [1.82, 2.24) is 0 Å². The van der Waals surface area contributed by atoms with Crippen LogP contribution in [0.3, 0.4) is 0 Å². The van der Waals surface area contributed by atoms with E-state index in [1.165, 1.54) is 0 Å². The summed E-state index contributed by atoms with van der Waals surface area (Å²) in [6.45, 7) is 1.04. The lowest BCUT2D eigenvalue weighted by Crippen LogP contribution is -2.14. The Morgan fingerprint density at radius 2 is 2.11 bits per heavy atom. The molecule has 0 spiro atoms. The van der Waals surface area contributed by atoms with Crippen molar-refractivity contribution in [2.75, 3.05) is 13.2 Å². The van der Waals surface area contributed by atoms with Gasteiger partial charge in [-0.3, -0.25) is 0 Å². The summed E-state index contributed by atoms with van der Waals surface area (Å²) in [4.78, 5) is 0. The second kappa shape index (κ2) is 6.00. The Balaban J connectivity index is 2.13. The van der Waals surface area contributed by atoms with E-state index in [2.05, 4.69) is 6.07 Å². The average Bonchev–Trinajstić information content (AvgIpc) is 3.09. The highest BCUT2D eigenvalue weighted by atomic mass is 35.5. The molecule has 0 heterocycles. The summed E-state index contributed by atoms with van der Waals surface area (Å²) in [5.41, 5.74) is 6.54. The molecule has 1 fully saturated rings. The fourth-order valence-corrected chi connectivity index (χ4v) is 2.65. The maximum Gasteiger partial charge on any atom is 0.141 e. The van der Waals surface area contributed by atoms with Crippen LogP contribution in [-0.2, 0) is 6.42 Å². The van der Waals surface area contributed by atoms with Crippen LogP contribution in [-0.4, -0.2) is 13.2 Å². The molecule has 2 rings (SSSR count). The van der Waals surface area contributed by atoms with Crippen LogP contribution in [0.1, 0.15) is 24.8 Å². The van der Waals surface area contributed by atoms with Gasteiger partial charge in [-0.2, -0.15) is 5.26 Å². The van der Waals surface area contributed by atoms with Crippen molar-refractivity contribution >= 4 is 23.2 Å². The van der Waals surface area contributed by atoms with Crippen molar-refractivity contribution in [2.24, 2.45) is 11.1 Å². The number of nitrogens with zero attached hydrogens (tertiary/aromatic N) is 1. The lowest BCUT2D eigenvalue weighted by atomic mass is 10.1. The smallest absolute Gasteiger partial charge is 0.141 e. The van der Waals surface area contributed by atoms with Gasteiger partial charge >= 0.3 is 0 Å². The molecule has 102 valence electrons. The van der Waals surface area contributed by atoms with Crippen LogP contribution in [0.5, 0.6) is 5.75 Å². The molecule has 0 saturated heterocycles. The second-order valence-electron chi connectivity index (χ2n) is 5.04. The van der Waals surface area contributed by atoms with Gasteiger partial charge in [0.25, 0.3) is 0 Å². The van der Waals surface area contributed by atoms with Gasteiger partial charge in [0.15, 0.2) is 0 Å². The zero-order valence-electron chi connectivity index (χ0n) is 10.6. The molecule has 0 unspecified atom stereocenters. The van der Waals surface area contributed by atoms with E-state index < -0.39 is 0 Å². The van der Waals surface area contributed by atoms with Crippen molar-refractivity contribution in [3.05, 3.63) is 27.7 Å². The molecule has 0 bridgehead atoms. The molecule has 0 amide bonds. The highest BCUT2D eigenvalue weighted by Gasteiger charge is 2.43. The molecule has 1 aliphatic rings. The first kappa shape index (κ1) is 14.5. The van der Waals surface area contributed by atoms with Crippen molar-refractivity contribution < 1.29 is 4.74 Å². The van der Waals surface area contributed by atoms with E-state index in [0.717, 1.165) is 18.4 Å². The molecule has 0 radical (unpaired) electrons. The maximum absolute atomic E-state index is 8.80. The van der Waals surface area contributed by atoms with E-state index in [1.54, 1.807) is 6.07 Å². The van der Waals surface area contributed by atoms with Crippen molar-refractivity contribution in [3.63, 3.8) is 0 Å². The lowest BCUT2D eigenvalue weighted by Gasteiger charge is -2.17. The molecule has 0 aliphatic heterocycles. The summed E-state index contributed by atoms with van der Waals surface area (Å²) in [5, 5.41) is 9.89. The van der Waals surface area contributed by atoms with Gasteiger partial charge < -0.3 is 10.5 Å². The number of hydrogen-bond donors (Lipinski definition) is 1. The molecular formula is C14H16Cl2N2O. The SMILES string of the molecule is N#CCC1(COc2c(Cl)cc(Cl)cc2CCN)CC1. The molecule has 1 aliphatic carbocycles. The Hall–Kier alpha value is -0.950. The summed E-state index contributed by atoms with van der Waals surface area (Å²) in [6, 6.07) is 5.72. The minimum absolute atomic E-state index is 0.0255. The minimum Gasteiger partial charge on any atom is -0.491 e. The Kier molecular flexibility index (Phi) is 4.57. The third-order valence-corrected chi connectivity index (χ3v) is 3.93. The maximum atomic E-state index is 8.80. The molecule has 1 saturated carbocycles. The third kappa shape index (κ3) is 3.54.